The largest absolute Gasteiger partial charge is 0.383 e. The minimum absolute atomic E-state index is 0.168. The molecule has 2 unspecified atom stereocenters. The third-order valence-corrected chi connectivity index (χ3v) is 4.71. The van der Waals surface area contributed by atoms with Crippen LogP contribution >= 0.6 is 11.5 Å². The molecule has 1 fully saturated rings. The summed E-state index contributed by atoms with van der Waals surface area (Å²) in [6, 6.07) is 0.442. The van der Waals surface area contributed by atoms with Gasteiger partial charge in [-0.05, 0) is 31.8 Å². The lowest BCUT2D eigenvalue weighted by atomic mass is 9.64. The molecule has 0 amide bonds. The van der Waals surface area contributed by atoms with Crippen LogP contribution < -0.4 is 11.1 Å². The van der Waals surface area contributed by atoms with Gasteiger partial charge in [-0.2, -0.15) is 4.37 Å². The predicted octanol–water partition coefficient (Wildman–Crippen LogP) is 2.65. The lowest BCUT2D eigenvalue weighted by Crippen LogP contribution is -2.58. The molecule has 0 aliphatic heterocycles. The smallest absolute Gasteiger partial charge is 0.142 e. The molecule has 2 atom stereocenters. The molecule has 1 aromatic rings. The number of nitrogens with zero attached hydrogens (tertiary/aromatic N) is 1. The van der Waals surface area contributed by atoms with Crippen molar-refractivity contribution in [1.29, 1.82) is 0 Å². The topological polar surface area (TPSA) is 60.2 Å². The fraction of sp³-hybridized carbons (Fsp3) is 0.750. The molecule has 0 saturated heterocycles. The van der Waals surface area contributed by atoms with Gasteiger partial charge in [-0.15, -0.1) is 0 Å². The summed E-state index contributed by atoms with van der Waals surface area (Å²) in [5.41, 5.74) is 6.98. The highest BCUT2D eigenvalue weighted by Gasteiger charge is 2.49. The van der Waals surface area contributed by atoms with E-state index in [9.17, 15) is 0 Å². The minimum atomic E-state index is 0.168. The Morgan fingerprint density at radius 1 is 1.59 bits per heavy atom. The maximum absolute atomic E-state index is 5.75. The Bertz CT molecular complexity index is 402. The van der Waals surface area contributed by atoms with Crippen LogP contribution in [0.25, 0.3) is 0 Å². The van der Waals surface area contributed by atoms with Crippen molar-refractivity contribution in [3.8, 4) is 0 Å². The number of hydrogen-bond acceptors (Lipinski definition) is 5. The van der Waals surface area contributed by atoms with Crippen molar-refractivity contribution in [2.45, 2.75) is 46.3 Å². The van der Waals surface area contributed by atoms with E-state index in [2.05, 4.69) is 23.5 Å². The number of anilines is 2. The molecule has 96 valence electrons. The van der Waals surface area contributed by atoms with E-state index in [1.807, 2.05) is 13.8 Å². The van der Waals surface area contributed by atoms with E-state index in [4.69, 9.17) is 10.5 Å². The lowest BCUT2D eigenvalue weighted by Gasteiger charge is -2.51. The van der Waals surface area contributed by atoms with Crippen molar-refractivity contribution in [1.82, 2.24) is 4.37 Å². The monoisotopic (exact) mass is 255 g/mol. The van der Waals surface area contributed by atoms with Crippen LogP contribution in [0, 0.1) is 12.3 Å². The summed E-state index contributed by atoms with van der Waals surface area (Å²) in [5, 5.41) is 4.64. The third-order valence-electron chi connectivity index (χ3n) is 3.81. The summed E-state index contributed by atoms with van der Waals surface area (Å²) in [5.74, 6) is 0.635. The Kier molecular flexibility index (Phi) is 3.32. The summed E-state index contributed by atoms with van der Waals surface area (Å²) in [6.45, 7) is 9.33. The fourth-order valence-electron chi connectivity index (χ4n) is 2.26. The Balaban J connectivity index is 2.00. The first-order chi connectivity index (χ1) is 7.96. The van der Waals surface area contributed by atoms with E-state index in [1.165, 1.54) is 11.5 Å². The van der Waals surface area contributed by atoms with Crippen LogP contribution in [0.4, 0.5) is 10.8 Å². The second kappa shape index (κ2) is 4.46. The molecule has 1 heterocycles. The van der Waals surface area contributed by atoms with E-state index in [0.29, 0.717) is 18.0 Å². The van der Waals surface area contributed by atoms with Crippen LogP contribution in [0.3, 0.4) is 0 Å². The summed E-state index contributed by atoms with van der Waals surface area (Å²) in [4.78, 5) is 0. The molecule has 0 aromatic carbocycles. The van der Waals surface area contributed by atoms with Gasteiger partial charge < -0.3 is 15.8 Å². The number of aromatic nitrogens is 1. The van der Waals surface area contributed by atoms with Crippen LogP contribution in [0.2, 0.25) is 0 Å². The van der Waals surface area contributed by atoms with E-state index < -0.39 is 0 Å². The number of rotatable bonds is 4. The molecule has 1 aliphatic rings. The molecule has 1 aromatic heterocycles. The van der Waals surface area contributed by atoms with Gasteiger partial charge in [-0.3, -0.25) is 0 Å². The van der Waals surface area contributed by atoms with Crippen molar-refractivity contribution in [3.63, 3.8) is 0 Å². The zero-order valence-electron chi connectivity index (χ0n) is 10.9. The predicted molar refractivity (Wildman–Crippen MR) is 72.5 cm³/mol. The van der Waals surface area contributed by atoms with Gasteiger partial charge in [-0.25, -0.2) is 0 Å². The first kappa shape index (κ1) is 12.6. The van der Waals surface area contributed by atoms with Crippen LogP contribution in [-0.2, 0) is 4.74 Å². The average molecular weight is 255 g/mol. The first-order valence-corrected chi connectivity index (χ1v) is 6.84. The Morgan fingerprint density at radius 3 is 2.76 bits per heavy atom. The first-order valence-electron chi connectivity index (χ1n) is 6.06. The fourth-order valence-corrected chi connectivity index (χ4v) is 3.02. The summed E-state index contributed by atoms with van der Waals surface area (Å²) < 4.78 is 9.88. The molecule has 0 radical (unpaired) electrons. The molecule has 17 heavy (non-hydrogen) atoms. The van der Waals surface area contributed by atoms with Gasteiger partial charge >= 0.3 is 0 Å². The maximum Gasteiger partial charge on any atom is 0.142 e. The van der Waals surface area contributed by atoms with Crippen molar-refractivity contribution in [3.05, 3.63) is 5.56 Å². The van der Waals surface area contributed by atoms with Crippen molar-refractivity contribution in [2.24, 2.45) is 5.41 Å². The highest BCUT2D eigenvalue weighted by atomic mass is 32.1. The number of ether oxygens (including phenoxy) is 1. The summed E-state index contributed by atoms with van der Waals surface area (Å²) in [6.07, 6.45) is 1.41. The molecule has 2 rings (SSSR count). The van der Waals surface area contributed by atoms with E-state index in [1.54, 1.807) is 0 Å². The highest BCUT2D eigenvalue weighted by Crippen LogP contribution is 2.45. The van der Waals surface area contributed by atoms with E-state index in [0.717, 1.165) is 23.6 Å². The molecule has 1 aliphatic carbocycles. The van der Waals surface area contributed by atoms with Gasteiger partial charge in [0.05, 0.1) is 6.10 Å². The van der Waals surface area contributed by atoms with E-state index >= 15 is 0 Å². The van der Waals surface area contributed by atoms with Gasteiger partial charge in [0.25, 0.3) is 0 Å². The quantitative estimate of drug-likeness (QED) is 0.868. The van der Waals surface area contributed by atoms with Crippen LogP contribution in [-0.4, -0.2) is 23.1 Å². The molecule has 3 N–H and O–H groups in total. The zero-order chi connectivity index (χ0) is 12.6. The standard InChI is InChI=1S/C12H21N3OS/c1-5-16-9-6-8(12(9,3)4)14-11-7(2)10(13)15-17-11/h8-9,14H,5-6H2,1-4H3,(H2,13,15). The molecular formula is C12H21N3OS. The Hall–Kier alpha value is -0.810. The summed E-state index contributed by atoms with van der Waals surface area (Å²) >= 11 is 1.44. The van der Waals surface area contributed by atoms with Gasteiger partial charge in [0.1, 0.15) is 10.8 Å². The zero-order valence-corrected chi connectivity index (χ0v) is 11.7. The van der Waals surface area contributed by atoms with Crippen LogP contribution in [0.5, 0.6) is 0 Å². The SMILES string of the molecule is CCOC1CC(Nc2snc(N)c2C)C1(C)C. The summed E-state index contributed by atoms with van der Waals surface area (Å²) in [7, 11) is 0. The number of nitrogens with one attached hydrogen (secondary N) is 1. The van der Waals surface area contributed by atoms with Gasteiger partial charge in [-0.1, -0.05) is 13.8 Å². The normalized spacial score (nSPS) is 26.6. The molecular weight excluding hydrogens is 234 g/mol. The van der Waals surface area contributed by atoms with Gasteiger partial charge in [0.2, 0.25) is 0 Å². The Labute approximate surface area is 107 Å². The second-order valence-corrected chi connectivity index (χ2v) is 5.99. The van der Waals surface area contributed by atoms with Gasteiger partial charge in [0, 0.05) is 23.6 Å². The van der Waals surface area contributed by atoms with Crippen LogP contribution in [0.1, 0.15) is 32.8 Å². The Morgan fingerprint density at radius 2 is 2.29 bits per heavy atom. The molecule has 0 spiro atoms. The molecule has 1 saturated carbocycles. The van der Waals surface area contributed by atoms with Crippen LogP contribution in [0.15, 0.2) is 0 Å². The third kappa shape index (κ3) is 2.13. The lowest BCUT2D eigenvalue weighted by molar-refractivity contribution is -0.0975. The molecule has 4 nitrogen and oxygen atoms in total. The average Bonchev–Trinajstić information content (AvgIpc) is 2.59. The number of nitrogens with two attached hydrogens (primary N) is 1. The maximum atomic E-state index is 5.75. The van der Waals surface area contributed by atoms with E-state index in [-0.39, 0.29) is 5.41 Å². The van der Waals surface area contributed by atoms with Gasteiger partial charge in [0.15, 0.2) is 0 Å². The second-order valence-electron chi connectivity index (χ2n) is 5.22. The molecule has 0 bridgehead atoms. The van der Waals surface area contributed by atoms with Crippen molar-refractivity contribution in [2.75, 3.05) is 17.7 Å². The minimum Gasteiger partial charge on any atom is -0.383 e. The van der Waals surface area contributed by atoms with Crippen molar-refractivity contribution < 1.29 is 4.74 Å². The van der Waals surface area contributed by atoms with Crippen molar-refractivity contribution >= 4 is 22.4 Å². The highest BCUT2D eigenvalue weighted by molar-refractivity contribution is 7.10. The number of hydrogen-bond donors (Lipinski definition) is 2. The number of nitrogen functional groups attached to an aromatic ring is 1. The molecule has 5 heteroatoms.